The van der Waals surface area contributed by atoms with Gasteiger partial charge in [0.05, 0.1) is 6.54 Å². The Bertz CT molecular complexity index is 588. The van der Waals surface area contributed by atoms with Crippen LogP contribution in [0.3, 0.4) is 0 Å². The van der Waals surface area contributed by atoms with Gasteiger partial charge in [-0.05, 0) is 0 Å². The normalized spacial score (nSPS) is 16.2. The lowest BCUT2D eigenvalue weighted by atomic mass is 10.3. The van der Waals surface area contributed by atoms with E-state index in [9.17, 15) is 9.59 Å². The maximum Gasteiger partial charge on any atom is 0.239 e. The highest BCUT2D eigenvalue weighted by molar-refractivity contribution is 7.15. The number of amides is 1. The number of rotatable bonds is 2. The number of nitrogens with one attached hydrogen (secondary N) is 1. The molecule has 0 aliphatic carbocycles. The summed E-state index contributed by atoms with van der Waals surface area (Å²) in [6.07, 6.45) is 2.60. The van der Waals surface area contributed by atoms with Crippen molar-refractivity contribution in [1.82, 2.24) is 14.7 Å². The minimum atomic E-state index is -0.0375. The van der Waals surface area contributed by atoms with Crippen LogP contribution in [-0.2, 0) is 4.79 Å². The molecular formula is C10H10N4O2S. The van der Waals surface area contributed by atoms with E-state index in [4.69, 9.17) is 0 Å². The van der Waals surface area contributed by atoms with Gasteiger partial charge in [0, 0.05) is 24.7 Å². The molecule has 0 spiro atoms. The number of fused-ring (bicyclic) bond motifs is 1. The first kappa shape index (κ1) is 10.3. The number of hydrogen-bond acceptors (Lipinski definition) is 5. The molecule has 0 radical (unpaired) electrons. The van der Waals surface area contributed by atoms with Crippen molar-refractivity contribution in [2.75, 3.05) is 24.5 Å². The molecule has 1 aliphatic rings. The first-order valence-electron chi connectivity index (χ1n) is 5.22. The Labute approximate surface area is 101 Å². The summed E-state index contributed by atoms with van der Waals surface area (Å²) < 4.78 is 1.75. The maximum absolute atomic E-state index is 11.3. The lowest BCUT2D eigenvalue weighted by Crippen LogP contribution is -2.48. The zero-order chi connectivity index (χ0) is 11.8. The maximum atomic E-state index is 11.3. The fraction of sp³-hybridized carbons (Fsp3) is 0.300. The summed E-state index contributed by atoms with van der Waals surface area (Å²) in [6.45, 7) is 1.52. The van der Waals surface area contributed by atoms with E-state index in [1.807, 2.05) is 16.5 Å². The summed E-state index contributed by atoms with van der Waals surface area (Å²) >= 11 is 1.47. The van der Waals surface area contributed by atoms with E-state index >= 15 is 0 Å². The van der Waals surface area contributed by atoms with Crippen LogP contribution in [0.4, 0.5) is 5.82 Å². The van der Waals surface area contributed by atoms with Gasteiger partial charge in [0.2, 0.25) is 5.91 Å². The molecule has 0 bridgehead atoms. The van der Waals surface area contributed by atoms with Gasteiger partial charge in [0.15, 0.2) is 17.1 Å². The molecule has 17 heavy (non-hydrogen) atoms. The van der Waals surface area contributed by atoms with Gasteiger partial charge in [-0.2, -0.15) is 0 Å². The van der Waals surface area contributed by atoms with Crippen molar-refractivity contribution >= 4 is 34.3 Å². The van der Waals surface area contributed by atoms with Gasteiger partial charge in [-0.3, -0.25) is 14.0 Å². The molecule has 3 heterocycles. The lowest BCUT2D eigenvalue weighted by molar-refractivity contribution is -0.120. The molecule has 7 heteroatoms. The fourth-order valence-electron chi connectivity index (χ4n) is 1.95. The lowest BCUT2D eigenvalue weighted by Gasteiger charge is -2.26. The van der Waals surface area contributed by atoms with Gasteiger partial charge in [-0.15, -0.1) is 11.3 Å². The zero-order valence-electron chi connectivity index (χ0n) is 8.92. The van der Waals surface area contributed by atoms with Crippen molar-refractivity contribution in [2.24, 2.45) is 0 Å². The molecule has 1 saturated heterocycles. The van der Waals surface area contributed by atoms with Crippen LogP contribution >= 0.6 is 11.3 Å². The largest absolute Gasteiger partial charge is 0.353 e. The van der Waals surface area contributed by atoms with Gasteiger partial charge < -0.3 is 10.2 Å². The van der Waals surface area contributed by atoms with E-state index < -0.39 is 0 Å². The minimum Gasteiger partial charge on any atom is -0.353 e. The van der Waals surface area contributed by atoms with Gasteiger partial charge >= 0.3 is 0 Å². The van der Waals surface area contributed by atoms with Crippen LogP contribution in [0.15, 0.2) is 11.6 Å². The summed E-state index contributed by atoms with van der Waals surface area (Å²) in [4.78, 5) is 29.5. The van der Waals surface area contributed by atoms with Gasteiger partial charge in [0.25, 0.3) is 0 Å². The predicted molar refractivity (Wildman–Crippen MR) is 63.7 cm³/mol. The van der Waals surface area contributed by atoms with E-state index in [0.717, 1.165) is 11.2 Å². The van der Waals surface area contributed by atoms with Crippen molar-refractivity contribution in [1.29, 1.82) is 0 Å². The molecule has 1 fully saturated rings. The molecule has 2 aromatic rings. The monoisotopic (exact) mass is 250 g/mol. The van der Waals surface area contributed by atoms with Crippen molar-refractivity contribution in [2.45, 2.75) is 0 Å². The van der Waals surface area contributed by atoms with Crippen molar-refractivity contribution < 1.29 is 9.59 Å². The van der Waals surface area contributed by atoms with E-state index in [-0.39, 0.29) is 12.5 Å². The van der Waals surface area contributed by atoms with Crippen LogP contribution in [0.5, 0.6) is 0 Å². The zero-order valence-corrected chi connectivity index (χ0v) is 9.74. The van der Waals surface area contributed by atoms with E-state index in [0.29, 0.717) is 24.6 Å². The SMILES string of the molecule is O=Cc1c(N2CCNC(=O)C2)nc2sccn12. The average Bonchev–Trinajstić information content (AvgIpc) is 2.88. The van der Waals surface area contributed by atoms with Crippen molar-refractivity contribution in [3.05, 3.63) is 17.3 Å². The number of aromatic nitrogens is 2. The Morgan fingerprint density at radius 1 is 1.53 bits per heavy atom. The third kappa shape index (κ3) is 1.59. The standard InChI is InChI=1S/C10H10N4O2S/c15-6-7-9(12-10-14(7)3-4-17-10)13-2-1-11-8(16)5-13/h3-4,6H,1-2,5H2,(H,11,16). The number of piperazine rings is 1. The number of imidazole rings is 1. The second-order valence-corrected chi connectivity index (χ2v) is 4.64. The summed E-state index contributed by atoms with van der Waals surface area (Å²) in [6, 6.07) is 0. The Balaban J connectivity index is 2.06. The molecule has 0 aromatic carbocycles. The third-order valence-corrected chi connectivity index (χ3v) is 3.49. The number of nitrogens with zero attached hydrogens (tertiary/aromatic N) is 3. The first-order chi connectivity index (χ1) is 8.29. The minimum absolute atomic E-state index is 0.0375. The fourth-order valence-corrected chi connectivity index (χ4v) is 2.67. The number of carbonyl (C=O) groups is 2. The molecule has 3 rings (SSSR count). The number of anilines is 1. The highest BCUT2D eigenvalue weighted by Gasteiger charge is 2.23. The van der Waals surface area contributed by atoms with Crippen LogP contribution in [0, 0.1) is 0 Å². The first-order valence-corrected chi connectivity index (χ1v) is 6.10. The molecule has 1 N–H and O–H groups in total. The van der Waals surface area contributed by atoms with Gasteiger partial charge in [0.1, 0.15) is 5.69 Å². The van der Waals surface area contributed by atoms with Crippen LogP contribution in [-0.4, -0.2) is 41.2 Å². The quantitative estimate of drug-likeness (QED) is 0.770. The number of carbonyl (C=O) groups excluding carboxylic acids is 2. The second kappa shape index (κ2) is 3.85. The Morgan fingerprint density at radius 2 is 2.41 bits per heavy atom. The van der Waals surface area contributed by atoms with E-state index in [2.05, 4.69) is 10.3 Å². The summed E-state index contributed by atoms with van der Waals surface area (Å²) in [5, 5.41) is 4.62. The molecule has 0 saturated carbocycles. The smallest absolute Gasteiger partial charge is 0.239 e. The number of hydrogen-bond donors (Lipinski definition) is 1. The Hall–Kier alpha value is -1.89. The molecule has 0 unspecified atom stereocenters. The molecule has 88 valence electrons. The van der Waals surface area contributed by atoms with Crippen LogP contribution < -0.4 is 10.2 Å². The van der Waals surface area contributed by atoms with Crippen LogP contribution in [0.1, 0.15) is 10.5 Å². The summed E-state index contributed by atoms with van der Waals surface area (Å²) in [5.41, 5.74) is 0.510. The Kier molecular flexibility index (Phi) is 2.32. The predicted octanol–water partition coefficient (Wildman–Crippen LogP) is 0.144. The average molecular weight is 250 g/mol. The van der Waals surface area contributed by atoms with E-state index in [1.54, 1.807) is 4.40 Å². The van der Waals surface area contributed by atoms with Crippen molar-refractivity contribution in [3.63, 3.8) is 0 Å². The van der Waals surface area contributed by atoms with Gasteiger partial charge in [-0.25, -0.2) is 4.98 Å². The third-order valence-electron chi connectivity index (χ3n) is 2.73. The molecule has 1 aliphatic heterocycles. The van der Waals surface area contributed by atoms with Gasteiger partial charge in [-0.1, -0.05) is 0 Å². The molecular weight excluding hydrogens is 240 g/mol. The highest BCUT2D eigenvalue weighted by Crippen LogP contribution is 2.23. The molecule has 6 nitrogen and oxygen atoms in total. The summed E-state index contributed by atoms with van der Waals surface area (Å²) in [7, 11) is 0. The Morgan fingerprint density at radius 3 is 3.18 bits per heavy atom. The van der Waals surface area contributed by atoms with Crippen LogP contribution in [0.2, 0.25) is 0 Å². The molecule has 2 aromatic heterocycles. The number of aldehydes is 1. The topological polar surface area (TPSA) is 66.7 Å². The van der Waals surface area contributed by atoms with E-state index in [1.165, 1.54) is 11.3 Å². The molecule has 0 atom stereocenters. The van der Waals surface area contributed by atoms with Crippen LogP contribution in [0.25, 0.3) is 4.96 Å². The summed E-state index contributed by atoms with van der Waals surface area (Å²) in [5.74, 6) is 0.561. The molecule has 1 amide bonds. The highest BCUT2D eigenvalue weighted by atomic mass is 32.1. The number of thiazole rings is 1. The van der Waals surface area contributed by atoms with Crippen molar-refractivity contribution in [3.8, 4) is 0 Å². The second-order valence-electron chi connectivity index (χ2n) is 3.77.